The summed E-state index contributed by atoms with van der Waals surface area (Å²) >= 11 is 1.47. The fraction of sp³-hybridized carbons (Fsp3) is 0.114. The number of nitro benzene ring substituents is 2. The van der Waals surface area contributed by atoms with Gasteiger partial charge in [0.1, 0.15) is 17.1 Å². The minimum Gasteiger partial charge on any atom is -0.354 e. The molecular formula is C35H27N7O5S. The van der Waals surface area contributed by atoms with Gasteiger partial charge in [-0.1, -0.05) is 101 Å². The van der Waals surface area contributed by atoms with Crippen molar-refractivity contribution in [1.82, 2.24) is 5.16 Å². The number of anilines is 2. The van der Waals surface area contributed by atoms with Crippen LogP contribution in [-0.2, 0) is 0 Å². The summed E-state index contributed by atoms with van der Waals surface area (Å²) < 4.78 is 5.83. The van der Waals surface area contributed by atoms with Gasteiger partial charge in [0.05, 0.1) is 32.9 Å². The van der Waals surface area contributed by atoms with Crippen LogP contribution in [0.3, 0.4) is 0 Å². The third-order valence-corrected chi connectivity index (χ3v) is 9.20. The maximum Gasteiger partial charge on any atom is 0.301 e. The Labute approximate surface area is 279 Å². The summed E-state index contributed by atoms with van der Waals surface area (Å²) in [6.07, 6.45) is 3.77. The molecule has 0 saturated carbocycles. The summed E-state index contributed by atoms with van der Waals surface area (Å²) in [5, 5.41) is 35.1. The molecular weight excluding hydrogens is 630 g/mol. The predicted octanol–water partition coefficient (Wildman–Crippen LogP) is 8.46. The number of hydrogen-bond acceptors (Lipinski definition) is 10. The number of non-ortho nitro benzene ring substituents is 1. The average molecular weight is 658 g/mol. The van der Waals surface area contributed by atoms with Crippen molar-refractivity contribution < 1.29 is 14.4 Å². The first-order valence-corrected chi connectivity index (χ1v) is 15.8. The van der Waals surface area contributed by atoms with Crippen molar-refractivity contribution in [3.8, 4) is 0 Å². The summed E-state index contributed by atoms with van der Waals surface area (Å²) in [7, 11) is 0. The van der Waals surface area contributed by atoms with Gasteiger partial charge in [0.2, 0.25) is 0 Å². The van der Waals surface area contributed by atoms with E-state index in [9.17, 15) is 20.2 Å². The van der Waals surface area contributed by atoms with Gasteiger partial charge in [-0.25, -0.2) is 10.0 Å². The lowest BCUT2D eigenvalue weighted by molar-refractivity contribution is -0.393. The lowest BCUT2D eigenvalue weighted by atomic mass is 10.0. The summed E-state index contributed by atoms with van der Waals surface area (Å²) in [4.78, 5) is 29.5. The second kappa shape index (κ2) is 12.6. The van der Waals surface area contributed by atoms with Gasteiger partial charge in [0.15, 0.2) is 16.8 Å². The first kappa shape index (κ1) is 30.6. The number of aliphatic imine (C=N–C) groups is 1. The second-order valence-corrected chi connectivity index (χ2v) is 12.3. The Kier molecular flexibility index (Phi) is 8.03. The number of rotatable bonds is 8. The topological polar surface area (TPSA) is 144 Å². The molecule has 2 aliphatic heterocycles. The molecule has 7 rings (SSSR count). The molecule has 12 nitrogen and oxygen atoms in total. The molecule has 13 heteroatoms. The number of aryl methyl sites for hydroxylation is 2. The van der Waals surface area contributed by atoms with Crippen molar-refractivity contribution in [1.29, 1.82) is 0 Å². The predicted molar refractivity (Wildman–Crippen MR) is 188 cm³/mol. The Bertz CT molecular complexity index is 2110. The van der Waals surface area contributed by atoms with Crippen molar-refractivity contribution in [3.05, 3.63) is 152 Å². The Balaban J connectivity index is 1.42. The van der Waals surface area contributed by atoms with Gasteiger partial charge in [0.25, 0.3) is 5.69 Å². The SMILES string of the molecule is Cc1ccc([C@@H]2[C@H]3SC(=Nc4ccccc4)N(c4c(C)noc4/C=C/c4ccccc4)C3=NN2c2ccc([N+](=O)[O-])cc2[N+](=O)[O-])cc1. The molecule has 0 N–H and O–H groups in total. The van der Waals surface area contributed by atoms with Crippen LogP contribution < -0.4 is 9.91 Å². The monoisotopic (exact) mass is 657 g/mol. The van der Waals surface area contributed by atoms with E-state index in [1.165, 1.54) is 23.9 Å². The molecule has 1 fully saturated rings. The number of hydrazone groups is 1. The van der Waals surface area contributed by atoms with E-state index in [0.717, 1.165) is 28.4 Å². The zero-order chi connectivity index (χ0) is 33.4. The molecule has 0 unspecified atom stereocenters. The minimum atomic E-state index is -0.651. The highest BCUT2D eigenvalue weighted by atomic mass is 32.2. The highest BCUT2D eigenvalue weighted by Crippen LogP contribution is 2.51. The summed E-state index contributed by atoms with van der Waals surface area (Å²) in [5.74, 6) is 1.04. The van der Waals surface area contributed by atoms with Gasteiger partial charge in [-0.15, -0.1) is 0 Å². The number of nitrogens with zero attached hydrogens (tertiary/aromatic N) is 7. The van der Waals surface area contributed by atoms with Gasteiger partial charge >= 0.3 is 5.69 Å². The number of aromatic nitrogens is 1. The first-order chi connectivity index (χ1) is 23.3. The Morgan fingerprint density at radius 3 is 2.27 bits per heavy atom. The lowest BCUT2D eigenvalue weighted by Crippen LogP contribution is -2.32. The van der Waals surface area contributed by atoms with Crippen molar-refractivity contribution in [2.45, 2.75) is 25.1 Å². The number of hydrogen-bond donors (Lipinski definition) is 0. The van der Waals surface area contributed by atoms with E-state index < -0.39 is 21.6 Å². The molecule has 48 heavy (non-hydrogen) atoms. The van der Waals surface area contributed by atoms with E-state index >= 15 is 0 Å². The van der Waals surface area contributed by atoms with Crippen molar-refractivity contribution in [2.75, 3.05) is 9.91 Å². The number of para-hydroxylation sites is 1. The molecule has 5 aromatic rings. The Morgan fingerprint density at radius 1 is 0.875 bits per heavy atom. The largest absolute Gasteiger partial charge is 0.354 e. The molecule has 1 aromatic heterocycles. The number of benzene rings is 4. The number of thioether (sulfide) groups is 1. The van der Waals surface area contributed by atoms with Gasteiger partial charge in [-0.05, 0) is 49.2 Å². The van der Waals surface area contributed by atoms with E-state index in [2.05, 4.69) is 5.16 Å². The van der Waals surface area contributed by atoms with Crippen LogP contribution in [0.25, 0.3) is 12.2 Å². The molecule has 0 spiro atoms. The van der Waals surface area contributed by atoms with Crippen LogP contribution in [0, 0.1) is 34.1 Å². The molecule has 0 radical (unpaired) electrons. The fourth-order valence-corrected chi connectivity index (χ4v) is 7.04. The third-order valence-electron chi connectivity index (χ3n) is 7.99. The van der Waals surface area contributed by atoms with E-state index in [4.69, 9.17) is 14.6 Å². The van der Waals surface area contributed by atoms with E-state index in [1.807, 2.05) is 116 Å². The zero-order valence-electron chi connectivity index (χ0n) is 25.7. The van der Waals surface area contributed by atoms with Gasteiger partial charge in [-0.3, -0.25) is 25.1 Å². The van der Waals surface area contributed by atoms with E-state index in [1.54, 1.807) is 5.01 Å². The maximum atomic E-state index is 12.3. The third kappa shape index (κ3) is 5.71. The molecule has 2 aliphatic rings. The number of fused-ring (bicyclic) bond motifs is 1. The van der Waals surface area contributed by atoms with Crippen LogP contribution in [0.4, 0.5) is 28.4 Å². The molecule has 0 amide bonds. The molecule has 2 atom stereocenters. The lowest BCUT2D eigenvalue weighted by Gasteiger charge is -2.26. The molecule has 4 aromatic carbocycles. The van der Waals surface area contributed by atoms with Crippen LogP contribution in [0.5, 0.6) is 0 Å². The highest BCUT2D eigenvalue weighted by Gasteiger charge is 2.51. The number of nitro groups is 2. The molecule has 1 saturated heterocycles. The highest BCUT2D eigenvalue weighted by molar-refractivity contribution is 8.16. The van der Waals surface area contributed by atoms with Gasteiger partial charge in [-0.2, -0.15) is 5.10 Å². The summed E-state index contributed by atoms with van der Waals surface area (Å²) in [6.45, 7) is 3.82. The minimum absolute atomic E-state index is 0.131. The molecule has 0 bridgehead atoms. The smallest absolute Gasteiger partial charge is 0.301 e. The number of amidine groups is 2. The van der Waals surface area contributed by atoms with Crippen LogP contribution >= 0.6 is 11.8 Å². The quantitative estimate of drug-likeness (QED) is 0.119. The van der Waals surface area contributed by atoms with Crippen LogP contribution in [0.2, 0.25) is 0 Å². The molecule has 0 aliphatic carbocycles. The Hall–Kier alpha value is -6.08. The summed E-state index contributed by atoms with van der Waals surface area (Å²) in [5.41, 5.74) is 4.17. The zero-order valence-corrected chi connectivity index (χ0v) is 26.5. The van der Waals surface area contributed by atoms with Crippen LogP contribution in [-0.4, -0.2) is 31.3 Å². The molecule has 238 valence electrons. The van der Waals surface area contributed by atoms with E-state index in [-0.39, 0.29) is 16.6 Å². The van der Waals surface area contributed by atoms with Gasteiger partial charge < -0.3 is 4.52 Å². The van der Waals surface area contributed by atoms with Crippen molar-refractivity contribution in [3.63, 3.8) is 0 Å². The van der Waals surface area contributed by atoms with E-state index in [0.29, 0.717) is 28.1 Å². The second-order valence-electron chi connectivity index (χ2n) is 11.2. The Morgan fingerprint density at radius 2 is 1.58 bits per heavy atom. The fourth-order valence-electron chi connectivity index (χ4n) is 5.70. The molecule has 3 heterocycles. The van der Waals surface area contributed by atoms with Gasteiger partial charge in [0, 0.05) is 6.07 Å². The normalized spacial score (nSPS) is 18.0. The summed E-state index contributed by atoms with van der Waals surface area (Å²) in [6, 6.07) is 30.3. The standard InChI is InChI=1S/C35H27N7O5S/c1-22-13-16-25(17-14-22)32-33-34(37-40(32)28-19-18-27(41(43)44)21-29(28)42(45)46)39(35(48-33)36-26-11-7-4-8-12-26)31-23(2)38-47-30(31)20-15-24-9-5-3-6-10-24/h3-21,32-33H,1-2H3/b20-15+,36-35?/t32-,33-/m1/s1. The average Bonchev–Trinajstić information content (AvgIpc) is 3.75. The van der Waals surface area contributed by atoms with Crippen molar-refractivity contribution >= 4 is 63.4 Å². The maximum absolute atomic E-state index is 12.3. The van der Waals surface area contributed by atoms with Crippen molar-refractivity contribution in [2.24, 2.45) is 10.1 Å². The van der Waals surface area contributed by atoms with Crippen LogP contribution in [0.1, 0.15) is 34.2 Å². The van der Waals surface area contributed by atoms with Crippen LogP contribution in [0.15, 0.2) is 118 Å². The first-order valence-electron chi connectivity index (χ1n) is 15.0.